The average Bonchev–Trinajstić information content (AvgIpc) is 2.49. The Labute approximate surface area is 104 Å². The van der Waals surface area contributed by atoms with Crippen LogP contribution < -0.4 is 10.6 Å². The second-order valence-electron chi connectivity index (χ2n) is 3.96. The molecule has 1 aliphatic rings. The van der Waals surface area contributed by atoms with Gasteiger partial charge in [-0.05, 0) is 36.6 Å². The van der Waals surface area contributed by atoms with E-state index in [1.807, 2.05) is 12.1 Å². The minimum Gasteiger partial charge on any atom is -0.326 e. The van der Waals surface area contributed by atoms with Crippen LogP contribution in [-0.4, -0.2) is 17.7 Å². The summed E-state index contributed by atoms with van der Waals surface area (Å²) in [6.07, 6.45) is 2.20. The van der Waals surface area contributed by atoms with E-state index >= 15 is 0 Å². The van der Waals surface area contributed by atoms with Gasteiger partial charge in [0.25, 0.3) is 0 Å². The number of hydrogen-bond acceptors (Lipinski definition) is 2. The van der Waals surface area contributed by atoms with Crippen molar-refractivity contribution >= 4 is 34.8 Å². The predicted octanol–water partition coefficient (Wildman–Crippen LogP) is 2.14. The highest BCUT2D eigenvalue weighted by Crippen LogP contribution is 2.25. The maximum atomic E-state index is 11.4. The van der Waals surface area contributed by atoms with Crippen LogP contribution in [0.3, 0.4) is 0 Å². The molecule has 0 aromatic heterocycles. The maximum Gasteiger partial charge on any atom is 0.239 e. The van der Waals surface area contributed by atoms with E-state index in [1.54, 1.807) is 6.07 Å². The summed E-state index contributed by atoms with van der Waals surface area (Å²) in [4.78, 5) is 22.5. The van der Waals surface area contributed by atoms with Gasteiger partial charge in [0.1, 0.15) is 5.88 Å². The van der Waals surface area contributed by atoms with Gasteiger partial charge >= 0.3 is 0 Å². The normalized spacial score (nSPS) is 14.5. The summed E-state index contributed by atoms with van der Waals surface area (Å²) in [7, 11) is 0. The highest BCUT2D eigenvalue weighted by molar-refractivity contribution is 6.29. The van der Waals surface area contributed by atoms with Crippen LogP contribution in [0.1, 0.15) is 18.4 Å². The standard InChI is InChI=1S/C12H13ClN2O2/c13-7-12(17)14-9-4-5-10-8(6-9)2-1-3-11(16)15-10/h4-6H,1-3,7H2,(H,14,17)(H,15,16). The van der Waals surface area contributed by atoms with Crippen LogP contribution in [0.15, 0.2) is 18.2 Å². The molecule has 4 nitrogen and oxygen atoms in total. The van der Waals surface area contributed by atoms with E-state index in [1.165, 1.54) is 0 Å². The van der Waals surface area contributed by atoms with Crippen LogP contribution in [0.25, 0.3) is 0 Å². The van der Waals surface area contributed by atoms with E-state index in [4.69, 9.17) is 11.6 Å². The van der Waals surface area contributed by atoms with E-state index in [0.717, 1.165) is 24.1 Å². The topological polar surface area (TPSA) is 58.2 Å². The van der Waals surface area contributed by atoms with Crippen molar-refractivity contribution in [2.75, 3.05) is 16.5 Å². The molecule has 5 heteroatoms. The van der Waals surface area contributed by atoms with Crippen LogP contribution >= 0.6 is 11.6 Å². The van der Waals surface area contributed by atoms with Crippen molar-refractivity contribution in [2.24, 2.45) is 0 Å². The van der Waals surface area contributed by atoms with Gasteiger partial charge in [-0.3, -0.25) is 9.59 Å². The predicted molar refractivity (Wildman–Crippen MR) is 67.4 cm³/mol. The number of alkyl halides is 1. The number of aryl methyl sites for hydroxylation is 1. The lowest BCUT2D eigenvalue weighted by Crippen LogP contribution is -2.13. The molecule has 90 valence electrons. The number of fused-ring (bicyclic) bond motifs is 1. The quantitative estimate of drug-likeness (QED) is 0.793. The minimum absolute atomic E-state index is 0.0429. The number of benzene rings is 1. The van der Waals surface area contributed by atoms with Crippen molar-refractivity contribution in [3.63, 3.8) is 0 Å². The van der Waals surface area contributed by atoms with Crippen molar-refractivity contribution in [3.8, 4) is 0 Å². The molecule has 1 aliphatic heterocycles. The first-order valence-corrected chi connectivity index (χ1v) is 6.01. The number of hydrogen-bond donors (Lipinski definition) is 2. The third kappa shape index (κ3) is 2.97. The summed E-state index contributed by atoms with van der Waals surface area (Å²) in [5, 5.41) is 5.53. The van der Waals surface area contributed by atoms with E-state index < -0.39 is 0 Å². The Balaban J connectivity index is 2.21. The van der Waals surface area contributed by atoms with Gasteiger partial charge in [-0.2, -0.15) is 0 Å². The van der Waals surface area contributed by atoms with E-state index in [2.05, 4.69) is 10.6 Å². The maximum absolute atomic E-state index is 11.4. The fourth-order valence-corrected chi connectivity index (χ4v) is 1.91. The Hall–Kier alpha value is -1.55. The smallest absolute Gasteiger partial charge is 0.239 e. The van der Waals surface area contributed by atoms with E-state index in [-0.39, 0.29) is 17.7 Å². The zero-order valence-electron chi connectivity index (χ0n) is 9.25. The molecule has 1 heterocycles. The molecule has 0 unspecified atom stereocenters. The number of amides is 2. The first-order chi connectivity index (χ1) is 8.19. The van der Waals surface area contributed by atoms with Crippen LogP contribution in [-0.2, 0) is 16.0 Å². The number of nitrogens with one attached hydrogen (secondary N) is 2. The molecule has 0 aliphatic carbocycles. The van der Waals surface area contributed by atoms with Crippen molar-refractivity contribution in [1.29, 1.82) is 0 Å². The first kappa shape index (κ1) is 11.9. The van der Waals surface area contributed by atoms with Crippen molar-refractivity contribution in [2.45, 2.75) is 19.3 Å². The lowest BCUT2D eigenvalue weighted by atomic mass is 10.1. The van der Waals surface area contributed by atoms with Crippen LogP contribution in [0, 0.1) is 0 Å². The van der Waals surface area contributed by atoms with Crippen molar-refractivity contribution in [1.82, 2.24) is 0 Å². The van der Waals surface area contributed by atoms with Gasteiger partial charge < -0.3 is 10.6 Å². The Morgan fingerprint density at radius 1 is 1.41 bits per heavy atom. The SMILES string of the molecule is O=C(CCl)Nc1ccc2c(c1)CCCC(=O)N2. The molecule has 2 rings (SSSR count). The van der Waals surface area contributed by atoms with Gasteiger partial charge in [0.15, 0.2) is 0 Å². The average molecular weight is 253 g/mol. The molecular formula is C12H13ClN2O2. The van der Waals surface area contributed by atoms with Gasteiger partial charge in [-0.25, -0.2) is 0 Å². The number of halogens is 1. The molecule has 2 amide bonds. The summed E-state index contributed by atoms with van der Waals surface area (Å²) in [6.45, 7) is 0. The fraction of sp³-hybridized carbons (Fsp3) is 0.333. The third-order valence-corrected chi connectivity index (χ3v) is 2.88. The highest BCUT2D eigenvalue weighted by atomic mass is 35.5. The lowest BCUT2D eigenvalue weighted by Gasteiger charge is -2.09. The van der Waals surface area contributed by atoms with Gasteiger partial charge in [0.2, 0.25) is 11.8 Å². The Kier molecular flexibility index (Phi) is 3.64. The molecule has 2 N–H and O–H groups in total. The van der Waals surface area contributed by atoms with Crippen molar-refractivity contribution < 1.29 is 9.59 Å². The number of carbonyl (C=O) groups is 2. The summed E-state index contributed by atoms with van der Waals surface area (Å²) < 4.78 is 0. The Morgan fingerprint density at radius 3 is 3.00 bits per heavy atom. The van der Waals surface area contributed by atoms with Crippen molar-refractivity contribution in [3.05, 3.63) is 23.8 Å². The molecule has 0 bridgehead atoms. The lowest BCUT2D eigenvalue weighted by molar-refractivity contribution is -0.116. The second kappa shape index (κ2) is 5.19. The molecule has 1 aromatic rings. The van der Waals surface area contributed by atoms with Gasteiger partial charge in [0, 0.05) is 17.8 Å². The molecule has 0 fully saturated rings. The zero-order chi connectivity index (χ0) is 12.3. The summed E-state index contributed by atoms with van der Waals surface area (Å²) >= 11 is 5.42. The monoisotopic (exact) mass is 252 g/mol. The minimum atomic E-state index is -0.232. The summed E-state index contributed by atoms with van der Waals surface area (Å²) in [5.74, 6) is -0.251. The van der Waals surface area contributed by atoms with E-state index in [0.29, 0.717) is 12.1 Å². The third-order valence-electron chi connectivity index (χ3n) is 2.63. The fourth-order valence-electron chi connectivity index (χ4n) is 1.85. The highest BCUT2D eigenvalue weighted by Gasteiger charge is 2.13. The number of carbonyl (C=O) groups excluding carboxylic acids is 2. The van der Waals surface area contributed by atoms with Gasteiger partial charge in [0.05, 0.1) is 0 Å². The Bertz CT molecular complexity index is 460. The zero-order valence-corrected chi connectivity index (χ0v) is 10.0. The number of rotatable bonds is 2. The first-order valence-electron chi connectivity index (χ1n) is 5.47. The Morgan fingerprint density at radius 2 is 2.24 bits per heavy atom. The molecule has 0 radical (unpaired) electrons. The summed E-state index contributed by atoms with van der Waals surface area (Å²) in [5.41, 5.74) is 2.59. The molecule has 0 spiro atoms. The number of anilines is 2. The van der Waals surface area contributed by atoms with E-state index in [9.17, 15) is 9.59 Å². The summed E-state index contributed by atoms with van der Waals surface area (Å²) in [6, 6.07) is 5.45. The van der Waals surface area contributed by atoms with Crippen LogP contribution in [0.4, 0.5) is 11.4 Å². The molecule has 0 saturated carbocycles. The van der Waals surface area contributed by atoms with Crippen LogP contribution in [0.5, 0.6) is 0 Å². The molecule has 0 atom stereocenters. The molecular weight excluding hydrogens is 240 g/mol. The molecule has 17 heavy (non-hydrogen) atoms. The molecule has 1 aromatic carbocycles. The molecule has 0 saturated heterocycles. The largest absolute Gasteiger partial charge is 0.326 e. The van der Waals surface area contributed by atoms with Gasteiger partial charge in [-0.1, -0.05) is 0 Å². The van der Waals surface area contributed by atoms with Gasteiger partial charge in [-0.15, -0.1) is 11.6 Å². The van der Waals surface area contributed by atoms with Crippen LogP contribution in [0.2, 0.25) is 0 Å². The second-order valence-corrected chi connectivity index (χ2v) is 4.22.